The Balaban J connectivity index is 2.61. The van der Waals surface area contributed by atoms with Crippen LogP contribution in [-0.4, -0.2) is 6.54 Å². The van der Waals surface area contributed by atoms with Crippen LogP contribution in [0.15, 0.2) is 12.1 Å². The molecule has 0 fully saturated rings. The molecule has 0 bridgehead atoms. The molecule has 1 heterocycles. The first-order chi connectivity index (χ1) is 6.00. The van der Waals surface area contributed by atoms with Crippen LogP contribution in [0.4, 0.5) is 10.1 Å². The first kappa shape index (κ1) is 8.82. The normalized spacial score (nSPS) is 18.2. The van der Waals surface area contributed by atoms with Crippen LogP contribution in [0, 0.1) is 5.82 Å². The summed E-state index contributed by atoms with van der Waals surface area (Å²) < 4.78 is 13.2. The summed E-state index contributed by atoms with van der Waals surface area (Å²) in [4.78, 5) is 0. The second-order valence-corrected chi connectivity index (χ2v) is 4.46. The summed E-state index contributed by atoms with van der Waals surface area (Å²) in [6.45, 7) is 5.00. The highest BCUT2D eigenvalue weighted by Gasteiger charge is 2.30. The van der Waals surface area contributed by atoms with E-state index in [0.29, 0.717) is 0 Å². The maximum absolute atomic E-state index is 13.2. The van der Waals surface area contributed by atoms with E-state index >= 15 is 0 Å². The van der Waals surface area contributed by atoms with E-state index in [1.54, 1.807) is 6.07 Å². The molecule has 1 nitrogen and oxygen atoms in total. The SMILES string of the molecule is CC1(C)CNc2cc(Cl)c(F)cc21. The lowest BCUT2D eigenvalue weighted by molar-refractivity contribution is 0.573. The van der Waals surface area contributed by atoms with Crippen molar-refractivity contribution in [3.63, 3.8) is 0 Å². The maximum atomic E-state index is 13.2. The van der Waals surface area contributed by atoms with Crippen molar-refractivity contribution in [2.75, 3.05) is 11.9 Å². The summed E-state index contributed by atoms with van der Waals surface area (Å²) in [5, 5.41) is 3.39. The number of fused-ring (bicyclic) bond motifs is 1. The van der Waals surface area contributed by atoms with Gasteiger partial charge in [-0.2, -0.15) is 0 Å². The maximum Gasteiger partial charge on any atom is 0.142 e. The molecule has 0 saturated heterocycles. The molecule has 0 atom stereocenters. The molecule has 3 heteroatoms. The largest absolute Gasteiger partial charge is 0.384 e. The zero-order chi connectivity index (χ0) is 9.64. The van der Waals surface area contributed by atoms with Gasteiger partial charge in [0, 0.05) is 17.6 Å². The van der Waals surface area contributed by atoms with E-state index in [2.05, 4.69) is 19.2 Å². The molecule has 0 aromatic heterocycles. The summed E-state index contributed by atoms with van der Waals surface area (Å²) in [6.07, 6.45) is 0. The van der Waals surface area contributed by atoms with Gasteiger partial charge in [0.05, 0.1) is 5.02 Å². The number of hydrogen-bond acceptors (Lipinski definition) is 1. The third-order valence-electron chi connectivity index (χ3n) is 2.51. The number of benzene rings is 1. The smallest absolute Gasteiger partial charge is 0.142 e. The van der Waals surface area contributed by atoms with Gasteiger partial charge >= 0.3 is 0 Å². The monoisotopic (exact) mass is 199 g/mol. The van der Waals surface area contributed by atoms with Crippen LogP contribution in [0.3, 0.4) is 0 Å². The summed E-state index contributed by atoms with van der Waals surface area (Å²) >= 11 is 5.67. The first-order valence-corrected chi connectivity index (χ1v) is 4.62. The number of anilines is 1. The first-order valence-electron chi connectivity index (χ1n) is 4.24. The van der Waals surface area contributed by atoms with E-state index in [1.165, 1.54) is 6.07 Å². The molecule has 0 radical (unpaired) electrons. The van der Waals surface area contributed by atoms with Gasteiger partial charge in [0.1, 0.15) is 5.82 Å². The van der Waals surface area contributed by atoms with Gasteiger partial charge in [0.25, 0.3) is 0 Å². The highest BCUT2D eigenvalue weighted by Crippen LogP contribution is 2.38. The average Bonchev–Trinajstić information content (AvgIpc) is 2.31. The van der Waals surface area contributed by atoms with E-state index in [9.17, 15) is 4.39 Å². The van der Waals surface area contributed by atoms with Gasteiger partial charge in [-0.25, -0.2) is 4.39 Å². The minimum absolute atomic E-state index is 0.000756. The van der Waals surface area contributed by atoms with Crippen molar-refractivity contribution in [1.82, 2.24) is 0 Å². The van der Waals surface area contributed by atoms with E-state index < -0.39 is 0 Å². The molecule has 0 aliphatic carbocycles. The molecule has 1 aromatic carbocycles. The lowest BCUT2D eigenvalue weighted by Crippen LogP contribution is -2.19. The van der Waals surface area contributed by atoms with Crippen molar-refractivity contribution >= 4 is 17.3 Å². The summed E-state index contributed by atoms with van der Waals surface area (Å²) in [6, 6.07) is 3.18. The number of halogens is 2. The standard InChI is InChI=1S/C10H11ClFN/c1-10(2)5-13-9-4-7(11)8(12)3-6(9)10/h3-4,13H,5H2,1-2H3. The van der Waals surface area contributed by atoms with Crippen molar-refractivity contribution in [3.8, 4) is 0 Å². The molecule has 0 saturated carbocycles. The third-order valence-corrected chi connectivity index (χ3v) is 2.80. The number of nitrogens with one attached hydrogen (secondary N) is 1. The van der Waals surface area contributed by atoms with Crippen LogP contribution in [0.25, 0.3) is 0 Å². The second-order valence-electron chi connectivity index (χ2n) is 4.05. The summed E-state index contributed by atoms with van der Waals surface area (Å²) in [5.41, 5.74) is 1.96. The number of rotatable bonds is 0. The van der Waals surface area contributed by atoms with Crippen LogP contribution in [-0.2, 0) is 5.41 Å². The Hall–Kier alpha value is -0.760. The molecule has 0 unspecified atom stereocenters. The lowest BCUT2D eigenvalue weighted by atomic mass is 9.87. The van der Waals surface area contributed by atoms with Crippen molar-refractivity contribution in [3.05, 3.63) is 28.5 Å². The van der Waals surface area contributed by atoms with Gasteiger partial charge in [0.15, 0.2) is 0 Å². The molecule has 2 rings (SSSR count). The van der Waals surface area contributed by atoms with Gasteiger partial charge in [-0.05, 0) is 17.7 Å². The van der Waals surface area contributed by atoms with Crippen molar-refractivity contribution in [2.24, 2.45) is 0 Å². The molecule has 0 spiro atoms. The minimum atomic E-state index is -0.336. The van der Waals surface area contributed by atoms with Gasteiger partial charge in [-0.3, -0.25) is 0 Å². The van der Waals surface area contributed by atoms with Gasteiger partial charge in [0.2, 0.25) is 0 Å². The number of hydrogen-bond donors (Lipinski definition) is 1. The van der Waals surface area contributed by atoms with Gasteiger partial charge < -0.3 is 5.32 Å². The van der Waals surface area contributed by atoms with Crippen LogP contribution in [0.2, 0.25) is 5.02 Å². The quantitative estimate of drug-likeness (QED) is 0.677. The van der Waals surface area contributed by atoms with Crippen molar-refractivity contribution in [2.45, 2.75) is 19.3 Å². The lowest BCUT2D eigenvalue weighted by Gasteiger charge is -2.16. The predicted octanol–water partition coefficient (Wildman–Crippen LogP) is 3.18. The zero-order valence-electron chi connectivity index (χ0n) is 7.62. The highest BCUT2D eigenvalue weighted by molar-refractivity contribution is 6.31. The summed E-state index contributed by atoms with van der Waals surface area (Å²) in [7, 11) is 0. The van der Waals surface area contributed by atoms with Crippen LogP contribution in [0.1, 0.15) is 19.4 Å². The van der Waals surface area contributed by atoms with Crippen LogP contribution < -0.4 is 5.32 Å². The fourth-order valence-corrected chi connectivity index (χ4v) is 1.83. The van der Waals surface area contributed by atoms with Crippen molar-refractivity contribution < 1.29 is 4.39 Å². The molecular weight excluding hydrogens is 189 g/mol. The average molecular weight is 200 g/mol. The van der Waals surface area contributed by atoms with Gasteiger partial charge in [-0.1, -0.05) is 25.4 Å². The van der Waals surface area contributed by atoms with Crippen molar-refractivity contribution in [1.29, 1.82) is 0 Å². The Morgan fingerprint density at radius 3 is 2.85 bits per heavy atom. The van der Waals surface area contributed by atoms with Crippen LogP contribution in [0.5, 0.6) is 0 Å². The van der Waals surface area contributed by atoms with E-state index in [1.807, 2.05) is 0 Å². The van der Waals surface area contributed by atoms with E-state index in [4.69, 9.17) is 11.6 Å². The molecule has 1 N–H and O–H groups in total. The van der Waals surface area contributed by atoms with E-state index in [0.717, 1.165) is 17.8 Å². The molecule has 1 aromatic rings. The topological polar surface area (TPSA) is 12.0 Å². The fraction of sp³-hybridized carbons (Fsp3) is 0.400. The molecule has 0 amide bonds. The Morgan fingerprint density at radius 1 is 1.46 bits per heavy atom. The molecule has 13 heavy (non-hydrogen) atoms. The fourth-order valence-electron chi connectivity index (χ4n) is 1.66. The molecule has 1 aliphatic heterocycles. The second kappa shape index (κ2) is 2.61. The Kier molecular flexibility index (Phi) is 1.77. The Morgan fingerprint density at radius 2 is 2.15 bits per heavy atom. The Bertz CT molecular complexity index is 360. The predicted molar refractivity (Wildman–Crippen MR) is 52.9 cm³/mol. The highest BCUT2D eigenvalue weighted by atomic mass is 35.5. The minimum Gasteiger partial charge on any atom is -0.384 e. The molecule has 70 valence electrons. The Labute approximate surface area is 81.9 Å². The van der Waals surface area contributed by atoms with E-state index in [-0.39, 0.29) is 16.3 Å². The van der Waals surface area contributed by atoms with Gasteiger partial charge in [-0.15, -0.1) is 0 Å². The summed E-state index contributed by atoms with van der Waals surface area (Å²) in [5.74, 6) is -0.336. The zero-order valence-corrected chi connectivity index (χ0v) is 8.37. The van der Waals surface area contributed by atoms with Crippen LogP contribution >= 0.6 is 11.6 Å². The molecule has 1 aliphatic rings. The third kappa shape index (κ3) is 1.29. The molecular formula is C10H11ClFN.